The Morgan fingerprint density at radius 3 is 2.91 bits per heavy atom. The first-order valence-electron chi connectivity index (χ1n) is 6.87. The van der Waals surface area contributed by atoms with Gasteiger partial charge in [-0.2, -0.15) is 5.26 Å². The van der Waals surface area contributed by atoms with Crippen molar-refractivity contribution in [3.63, 3.8) is 0 Å². The highest BCUT2D eigenvalue weighted by Crippen LogP contribution is 2.27. The Morgan fingerprint density at radius 2 is 2.22 bits per heavy atom. The van der Waals surface area contributed by atoms with Crippen LogP contribution in [0.2, 0.25) is 0 Å². The van der Waals surface area contributed by atoms with Crippen LogP contribution in [-0.2, 0) is 0 Å². The van der Waals surface area contributed by atoms with Gasteiger partial charge in [0, 0.05) is 9.35 Å². The van der Waals surface area contributed by atoms with E-state index >= 15 is 0 Å². The molecule has 3 rings (SSSR count). The van der Waals surface area contributed by atoms with Gasteiger partial charge in [-0.15, -0.1) is 11.3 Å². The van der Waals surface area contributed by atoms with Crippen molar-refractivity contribution >= 4 is 49.1 Å². The lowest BCUT2D eigenvalue weighted by molar-refractivity contribution is 1.13. The number of hydrogen-bond acceptors (Lipinski definition) is 4. The molecular formula is C17H12BrN3OS. The molecule has 0 bridgehead atoms. The molecule has 2 heterocycles. The average molecular weight is 386 g/mol. The number of nitriles is 1. The molecule has 1 aromatic carbocycles. The van der Waals surface area contributed by atoms with Gasteiger partial charge in [-0.25, -0.2) is 4.98 Å². The number of thiophene rings is 1. The van der Waals surface area contributed by atoms with Gasteiger partial charge in [0.15, 0.2) is 5.82 Å². The number of nitrogens with zero attached hydrogens (tertiary/aromatic N) is 2. The van der Waals surface area contributed by atoms with Crippen molar-refractivity contribution in [3.05, 3.63) is 60.9 Å². The molecule has 0 atom stereocenters. The second kappa shape index (κ2) is 6.11. The predicted octanol–water partition coefficient (Wildman–Crippen LogP) is 4.43. The van der Waals surface area contributed by atoms with E-state index in [4.69, 9.17) is 0 Å². The summed E-state index contributed by atoms with van der Waals surface area (Å²) in [7, 11) is 0. The van der Waals surface area contributed by atoms with E-state index in [1.807, 2.05) is 38.1 Å². The Morgan fingerprint density at radius 1 is 1.43 bits per heavy atom. The first kappa shape index (κ1) is 15.7. The molecule has 3 aromatic rings. The zero-order chi connectivity index (χ0) is 16.6. The number of aromatic nitrogens is 2. The summed E-state index contributed by atoms with van der Waals surface area (Å²) in [4.78, 5) is 21.2. The molecule has 6 heteroatoms. The van der Waals surface area contributed by atoms with Crippen molar-refractivity contribution < 1.29 is 0 Å². The smallest absolute Gasteiger partial charge is 0.260 e. The van der Waals surface area contributed by atoms with Gasteiger partial charge in [0.05, 0.1) is 11.0 Å². The largest absolute Gasteiger partial charge is 0.305 e. The van der Waals surface area contributed by atoms with Crippen molar-refractivity contribution in [1.29, 1.82) is 5.26 Å². The molecule has 0 aliphatic carbocycles. The summed E-state index contributed by atoms with van der Waals surface area (Å²) in [5.41, 5.74) is 1.92. The Labute approximate surface area is 145 Å². The first-order chi connectivity index (χ1) is 11.0. The molecule has 4 nitrogen and oxygen atoms in total. The number of rotatable bonds is 2. The van der Waals surface area contributed by atoms with Crippen LogP contribution in [0.1, 0.15) is 21.8 Å². The van der Waals surface area contributed by atoms with E-state index in [2.05, 4.69) is 32.0 Å². The van der Waals surface area contributed by atoms with E-state index < -0.39 is 0 Å². The Balaban J connectivity index is 2.18. The summed E-state index contributed by atoms with van der Waals surface area (Å²) < 4.78 is 0.921. The van der Waals surface area contributed by atoms with Crippen molar-refractivity contribution in [1.82, 2.24) is 9.97 Å². The van der Waals surface area contributed by atoms with Crippen LogP contribution in [0.15, 0.2) is 33.5 Å². The third-order valence-corrected chi connectivity index (χ3v) is 5.17. The standard InChI is InChI=1S/C17H12BrN3OS/c1-9-10(2)23-17-14(9)16(22)20-15(21-17)12(8-19)6-11-4-3-5-13(18)7-11/h3-7H,1-2H3,(H,20,21,22)/b12-6-. The van der Waals surface area contributed by atoms with E-state index in [0.717, 1.165) is 20.5 Å². The van der Waals surface area contributed by atoms with Crippen LogP contribution in [0.5, 0.6) is 0 Å². The van der Waals surface area contributed by atoms with Gasteiger partial charge in [0.2, 0.25) is 0 Å². The maximum absolute atomic E-state index is 12.3. The highest BCUT2D eigenvalue weighted by Gasteiger charge is 2.13. The molecule has 0 saturated heterocycles. The molecule has 114 valence electrons. The fraction of sp³-hybridized carbons (Fsp3) is 0.118. The second-order valence-electron chi connectivity index (χ2n) is 5.10. The monoisotopic (exact) mass is 385 g/mol. The number of fused-ring (bicyclic) bond motifs is 1. The lowest BCUT2D eigenvalue weighted by Gasteiger charge is -2.00. The highest BCUT2D eigenvalue weighted by atomic mass is 79.9. The summed E-state index contributed by atoms with van der Waals surface area (Å²) >= 11 is 4.87. The third kappa shape index (κ3) is 2.98. The van der Waals surface area contributed by atoms with Gasteiger partial charge in [0.25, 0.3) is 5.56 Å². The molecule has 0 radical (unpaired) electrons. The zero-order valence-electron chi connectivity index (χ0n) is 12.5. The molecule has 0 fully saturated rings. The molecule has 1 N–H and O–H groups in total. The molecule has 2 aromatic heterocycles. The van der Waals surface area contributed by atoms with Gasteiger partial charge in [-0.05, 0) is 43.2 Å². The lowest BCUT2D eigenvalue weighted by Crippen LogP contribution is -2.10. The lowest BCUT2D eigenvalue weighted by atomic mass is 10.1. The molecule has 0 unspecified atom stereocenters. The van der Waals surface area contributed by atoms with E-state index in [-0.39, 0.29) is 5.56 Å². The number of H-pyrrole nitrogens is 1. The molecule has 0 spiro atoms. The topological polar surface area (TPSA) is 69.5 Å². The van der Waals surface area contributed by atoms with Crippen LogP contribution >= 0.6 is 27.3 Å². The Bertz CT molecular complexity index is 1040. The van der Waals surface area contributed by atoms with Crippen LogP contribution in [0.4, 0.5) is 0 Å². The van der Waals surface area contributed by atoms with Gasteiger partial charge in [0.1, 0.15) is 10.9 Å². The maximum atomic E-state index is 12.3. The second-order valence-corrected chi connectivity index (χ2v) is 7.22. The summed E-state index contributed by atoms with van der Waals surface area (Å²) in [6.45, 7) is 3.87. The van der Waals surface area contributed by atoms with Crippen molar-refractivity contribution in [3.8, 4) is 6.07 Å². The van der Waals surface area contributed by atoms with Crippen molar-refractivity contribution in [2.45, 2.75) is 13.8 Å². The SMILES string of the molecule is Cc1sc2nc(/C(C#N)=C\c3cccc(Br)c3)[nH]c(=O)c2c1C. The van der Waals surface area contributed by atoms with E-state index in [0.29, 0.717) is 21.6 Å². The molecule has 23 heavy (non-hydrogen) atoms. The number of hydrogen-bond donors (Lipinski definition) is 1. The molecule has 0 aliphatic heterocycles. The Kier molecular flexibility index (Phi) is 4.16. The van der Waals surface area contributed by atoms with E-state index in [1.54, 1.807) is 6.08 Å². The number of halogens is 1. The molecule has 0 saturated carbocycles. The van der Waals surface area contributed by atoms with Crippen LogP contribution < -0.4 is 5.56 Å². The molecular weight excluding hydrogens is 374 g/mol. The first-order valence-corrected chi connectivity index (χ1v) is 8.48. The van der Waals surface area contributed by atoms with E-state index in [1.165, 1.54) is 11.3 Å². The van der Waals surface area contributed by atoms with Crippen LogP contribution in [0.3, 0.4) is 0 Å². The maximum Gasteiger partial charge on any atom is 0.260 e. The van der Waals surface area contributed by atoms with Gasteiger partial charge in [-0.3, -0.25) is 4.79 Å². The number of benzene rings is 1. The molecule has 0 amide bonds. The Hall–Kier alpha value is -2.23. The fourth-order valence-corrected chi connectivity index (χ4v) is 3.75. The third-order valence-electron chi connectivity index (χ3n) is 3.57. The average Bonchev–Trinajstić information content (AvgIpc) is 2.80. The fourth-order valence-electron chi connectivity index (χ4n) is 2.30. The number of aryl methyl sites for hydroxylation is 2. The highest BCUT2D eigenvalue weighted by molar-refractivity contribution is 9.10. The van der Waals surface area contributed by atoms with Crippen LogP contribution in [-0.4, -0.2) is 9.97 Å². The molecule has 0 aliphatic rings. The number of aromatic amines is 1. The minimum absolute atomic E-state index is 0.206. The summed E-state index contributed by atoms with van der Waals surface area (Å²) in [6, 6.07) is 9.70. The zero-order valence-corrected chi connectivity index (χ0v) is 14.9. The van der Waals surface area contributed by atoms with Gasteiger partial charge in [-0.1, -0.05) is 28.1 Å². The van der Waals surface area contributed by atoms with Crippen molar-refractivity contribution in [2.75, 3.05) is 0 Å². The summed E-state index contributed by atoms with van der Waals surface area (Å²) in [6.07, 6.45) is 1.71. The predicted molar refractivity (Wildman–Crippen MR) is 97.3 cm³/mol. The summed E-state index contributed by atoms with van der Waals surface area (Å²) in [5.74, 6) is 0.297. The van der Waals surface area contributed by atoms with Gasteiger partial charge >= 0.3 is 0 Å². The van der Waals surface area contributed by atoms with Crippen molar-refractivity contribution in [2.24, 2.45) is 0 Å². The van der Waals surface area contributed by atoms with E-state index in [9.17, 15) is 10.1 Å². The minimum Gasteiger partial charge on any atom is -0.305 e. The number of nitrogens with one attached hydrogen (secondary N) is 1. The number of allylic oxidation sites excluding steroid dienone is 1. The quantitative estimate of drug-likeness (QED) is 0.663. The normalized spacial score (nSPS) is 11.7. The minimum atomic E-state index is -0.206. The van der Waals surface area contributed by atoms with Crippen LogP contribution in [0.25, 0.3) is 21.9 Å². The van der Waals surface area contributed by atoms with Gasteiger partial charge < -0.3 is 4.98 Å². The summed E-state index contributed by atoms with van der Waals surface area (Å²) in [5, 5.41) is 10.1. The van der Waals surface area contributed by atoms with Crippen LogP contribution in [0, 0.1) is 25.2 Å².